The van der Waals surface area contributed by atoms with Gasteiger partial charge in [0, 0.05) is 18.6 Å². The Bertz CT molecular complexity index is 596. The van der Waals surface area contributed by atoms with Gasteiger partial charge < -0.3 is 10.2 Å². The first-order chi connectivity index (χ1) is 10.4. The summed E-state index contributed by atoms with van der Waals surface area (Å²) in [6.45, 7) is 2.51. The van der Waals surface area contributed by atoms with Crippen LogP contribution in [-0.4, -0.2) is 50.3 Å². The van der Waals surface area contributed by atoms with Crippen molar-refractivity contribution >= 4 is 5.69 Å². The highest BCUT2D eigenvalue weighted by molar-refractivity contribution is 5.60. The van der Waals surface area contributed by atoms with Gasteiger partial charge >= 0.3 is 0 Å². The van der Waals surface area contributed by atoms with Crippen molar-refractivity contribution < 1.29 is 0 Å². The Morgan fingerprint density at radius 2 is 2.10 bits per heavy atom. The van der Waals surface area contributed by atoms with Crippen molar-refractivity contribution in [2.24, 2.45) is 0 Å². The summed E-state index contributed by atoms with van der Waals surface area (Å²) < 4.78 is 1.72. The highest BCUT2D eigenvalue weighted by atomic mass is 15.5. The monoisotopic (exact) mass is 284 g/mol. The highest BCUT2D eigenvalue weighted by Gasteiger charge is 2.31. The summed E-state index contributed by atoms with van der Waals surface area (Å²) in [5.74, 6) is 0. The molecule has 1 aromatic heterocycles. The number of aromatic nitrogens is 4. The predicted molar refractivity (Wildman–Crippen MR) is 80.4 cm³/mol. The quantitative estimate of drug-likeness (QED) is 0.929. The Balaban J connectivity index is 1.52. The topological polar surface area (TPSA) is 58.9 Å². The first-order valence-corrected chi connectivity index (χ1v) is 7.73. The number of benzene rings is 1. The molecule has 2 fully saturated rings. The van der Waals surface area contributed by atoms with Gasteiger partial charge in [0.05, 0.1) is 11.4 Å². The molecule has 2 aliphatic rings. The van der Waals surface area contributed by atoms with Crippen LogP contribution in [0.4, 0.5) is 5.69 Å². The van der Waals surface area contributed by atoms with Gasteiger partial charge in [-0.05, 0) is 54.8 Å². The molecule has 2 aliphatic heterocycles. The molecule has 0 spiro atoms. The van der Waals surface area contributed by atoms with Gasteiger partial charge in [-0.25, -0.2) is 0 Å². The molecule has 4 rings (SSSR count). The van der Waals surface area contributed by atoms with Crippen molar-refractivity contribution in [1.29, 1.82) is 0 Å². The Kier molecular flexibility index (Phi) is 3.31. The molecule has 0 radical (unpaired) electrons. The van der Waals surface area contributed by atoms with E-state index in [0.29, 0.717) is 6.04 Å². The van der Waals surface area contributed by atoms with Crippen molar-refractivity contribution in [1.82, 2.24) is 25.1 Å². The van der Waals surface area contributed by atoms with Crippen molar-refractivity contribution in [2.45, 2.75) is 37.8 Å². The summed E-state index contributed by atoms with van der Waals surface area (Å²) in [5, 5.41) is 15.2. The zero-order valence-electron chi connectivity index (χ0n) is 12.0. The molecule has 6 heteroatoms. The third-order valence-electron chi connectivity index (χ3n) is 4.68. The molecular weight excluding hydrogens is 264 g/mol. The van der Waals surface area contributed by atoms with Crippen molar-refractivity contribution in [3.05, 3.63) is 30.6 Å². The van der Waals surface area contributed by atoms with Crippen LogP contribution in [0.25, 0.3) is 5.69 Å². The second-order valence-corrected chi connectivity index (χ2v) is 5.97. The lowest BCUT2D eigenvalue weighted by molar-refractivity contribution is 0.188. The number of nitrogens with zero attached hydrogens (tertiary/aromatic N) is 5. The number of fused-ring (bicyclic) bond motifs is 1. The summed E-state index contributed by atoms with van der Waals surface area (Å²) in [5.41, 5.74) is 2.12. The van der Waals surface area contributed by atoms with E-state index in [1.54, 1.807) is 11.0 Å². The van der Waals surface area contributed by atoms with Crippen LogP contribution in [0.5, 0.6) is 0 Å². The first kappa shape index (κ1) is 12.8. The predicted octanol–water partition coefficient (Wildman–Crippen LogP) is 1.70. The van der Waals surface area contributed by atoms with E-state index in [1.807, 2.05) is 12.1 Å². The average Bonchev–Trinajstić information content (AvgIpc) is 3.19. The molecule has 1 N–H and O–H groups in total. The van der Waals surface area contributed by atoms with E-state index in [0.717, 1.165) is 17.4 Å². The maximum atomic E-state index is 4.00. The fourth-order valence-corrected chi connectivity index (χ4v) is 3.64. The van der Waals surface area contributed by atoms with E-state index in [-0.39, 0.29) is 0 Å². The van der Waals surface area contributed by atoms with Crippen LogP contribution in [0.1, 0.15) is 25.7 Å². The molecule has 6 nitrogen and oxygen atoms in total. The maximum Gasteiger partial charge on any atom is 0.143 e. The van der Waals surface area contributed by atoms with Crippen LogP contribution < -0.4 is 5.32 Å². The van der Waals surface area contributed by atoms with Crippen LogP contribution in [0, 0.1) is 0 Å². The second-order valence-electron chi connectivity index (χ2n) is 5.97. The molecular formula is C15H20N6. The molecule has 2 aromatic rings. The number of hydrogen-bond donors (Lipinski definition) is 1. The van der Waals surface area contributed by atoms with Gasteiger partial charge in [-0.1, -0.05) is 12.1 Å². The number of piperidine rings is 1. The Labute approximate surface area is 124 Å². The Morgan fingerprint density at radius 1 is 1.14 bits per heavy atom. The minimum absolute atomic E-state index is 0.544. The molecule has 110 valence electrons. The smallest absolute Gasteiger partial charge is 0.143 e. The van der Waals surface area contributed by atoms with E-state index in [2.05, 4.69) is 37.9 Å². The number of rotatable bonds is 3. The molecule has 0 saturated carbocycles. The molecule has 1 aromatic carbocycles. The van der Waals surface area contributed by atoms with Gasteiger partial charge in [0.2, 0.25) is 0 Å². The van der Waals surface area contributed by atoms with Gasteiger partial charge in [0.1, 0.15) is 6.33 Å². The Morgan fingerprint density at radius 3 is 3.00 bits per heavy atom. The normalized spacial score (nSPS) is 25.7. The molecule has 21 heavy (non-hydrogen) atoms. The SMILES string of the molecule is c1ccc(-n2cnnn2)c(NC2CCN3CCCC3C2)c1. The van der Waals surface area contributed by atoms with Gasteiger partial charge in [0.25, 0.3) is 0 Å². The van der Waals surface area contributed by atoms with E-state index in [4.69, 9.17) is 0 Å². The largest absolute Gasteiger partial charge is 0.380 e. The minimum atomic E-state index is 0.544. The third-order valence-corrected chi connectivity index (χ3v) is 4.68. The van der Waals surface area contributed by atoms with Crippen molar-refractivity contribution in [3.8, 4) is 5.69 Å². The average molecular weight is 284 g/mol. The van der Waals surface area contributed by atoms with Gasteiger partial charge in [-0.15, -0.1) is 5.10 Å². The van der Waals surface area contributed by atoms with Crippen molar-refractivity contribution in [2.75, 3.05) is 18.4 Å². The standard InChI is InChI=1S/C15H20N6/c1-2-6-15(21-11-16-18-19-21)14(5-1)17-12-7-9-20-8-3-4-13(20)10-12/h1-2,5-6,11-13,17H,3-4,7-10H2. The number of anilines is 1. The lowest BCUT2D eigenvalue weighted by Crippen LogP contribution is -2.42. The van der Waals surface area contributed by atoms with Crippen LogP contribution in [-0.2, 0) is 0 Å². The summed E-state index contributed by atoms with van der Waals surface area (Å²) >= 11 is 0. The summed E-state index contributed by atoms with van der Waals surface area (Å²) in [6.07, 6.45) is 6.80. The van der Waals surface area contributed by atoms with Gasteiger partial charge in [-0.2, -0.15) is 4.68 Å². The van der Waals surface area contributed by atoms with Crippen LogP contribution >= 0.6 is 0 Å². The summed E-state index contributed by atoms with van der Waals surface area (Å²) in [6, 6.07) is 9.54. The Hall–Kier alpha value is -1.95. The lowest BCUT2D eigenvalue weighted by Gasteiger charge is -2.35. The highest BCUT2D eigenvalue weighted by Crippen LogP contribution is 2.29. The van der Waals surface area contributed by atoms with E-state index in [1.165, 1.54) is 38.8 Å². The van der Waals surface area contributed by atoms with Gasteiger partial charge in [-0.3, -0.25) is 0 Å². The minimum Gasteiger partial charge on any atom is -0.380 e. The molecule has 0 aliphatic carbocycles. The number of nitrogens with one attached hydrogen (secondary N) is 1. The zero-order chi connectivity index (χ0) is 14.1. The van der Waals surface area contributed by atoms with E-state index in [9.17, 15) is 0 Å². The second kappa shape index (κ2) is 5.44. The number of tetrazole rings is 1. The fourth-order valence-electron chi connectivity index (χ4n) is 3.64. The molecule has 2 saturated heterocycles. The molecule has 0 bridgehead atoms. The summed E-state index contributed by atoms with van der Waals surface area (Å²) in [4.78, 5) is 2.64. The maximum absolute atomic E-state index is 4.00. The fraction of sp³-hybridized carbons (Fsp3) is 0.533. The van der Waals surface area contributed by atoms with Gasteiger partial charge in [0.15, 0.2) is 0 Å². The third kappa shape index (κ3) is 2.51. The van der Waals surface area contributed by atoms with Crippen molar-refractivity contribution in [3.63, 3.8) is 0 Å². The van der Waals surface area contributed by atoms with E-state index < -0.39 is 0 Å². The summed E-state index contributed by atoms with van der Waals surface area (Å²) in [7, 11) is 0. The first-order valence-electron chi connectivity index (χ1n) is 7.73. The molecule has 2 unspecified atom stereocenters. The van der Waals surface area contributed by atoms with Crippen LogP contribution in [0.15, 0.2) is 30.6 Å². The molecule has 2 atom stereocenters. The molecule has 0 amide bonds. The molecule has 3 heterocycles. The number of hydrogen-bond acceptors (Lipinski definition) is 5. The number of para-hydroxylation sites is 2. The van der Waals surface area contributed by atoms with Crippen LogP contribution in [0.3, 0.4) is 0 Å². The van der Waals surface area contributed by atoms with Crippen LogP contribution in [0.2, 0.25) is 0 Å². The van der Waals surface area contributed by atoms with E-state index >= 15 is 0 Å². The lowest BCUT2D eigenvalue weighted by atomic mass is 9.97. The zero-order valence-corrected chi connectivity index (χ0v) is 12.0.